The summed E-state index contributed by atoms with van der Waals surface area (Å²) in [5, 5.41) is 2.88. The normalized spacial score (nSPS) is 17.0. The van der Waals surface area contributed by atoms with E-state index in [0.29, 0.717) is 17.9 Å². The zero-order valence-electron chi connectivity index (χ0n) is 12.6. The molecule has 1 fully saturated rings. The SMILES string of the molecule is O=C(Nc1cccc(OCC2CCCO2)c1)c1cccc(Br)c1. The molecular formula is C18H18BrNO3. The molecule has 1 aliphatic rings. The number of carbonyl (C=O) groups excluding carboxylic acids is 1. The van der Waals surface area contributed by atoms with E-state index in [1.165, 1.54) is 0 Å². The molecule has 1 amide bonds. The molecule has 1 unspecified atom stereocenters. The molecule has 1 aliphatic heterocycles. The van der Waals surface area contributed by atoms with Crippen LogP contribution in [-0.4, -0.2) is 25.2 Å². The molecule has 0 radical (unpaired) electrons. The Morgan fingerprint density at radius 2 is 2.13 bits per heavy atom. The average Bonchev–Trinajstić information content (AvgIpc) is 3.07. The molecule has 2 aromatic carbocycles. The van der Waals surface area contributed by atoms with Gasteiger partial charge in [-0.1, -0.05) is 28.1 Å². The van der Waals surface area contributed by atoms with Crippen LogP contribution < -0.4 is 10.1 Å². The molecule has 1 saturated heterocycles. The molecule has 2 aromatic rings. The van der Waals surface area contributed by atoms with Gasteiger partial charge in [0.1, 0.15) is 12.4 Å². The molecule has 0 aliphatic carbocycles. The number of hydrogen-bond acceptors (Lipinski definition) is 3. The number of benzene rings is 2. The van der Waals surface area contributed by atoms with Crippen LogP contribution >= 0.6 is 15.9 Å². The highest BCUT2D eigenvalue weighted by Crippen LogP contribution is 2.20. The van der Waals surface area contributed by atoms with Crippen molar-refractivity contribution >= 4 is 27.5 Å². The van der Waals surface area contributed by atoms with Crippen molar-refractivity contribution in [3.8, 4) is 5.75 Å². The summed E-state index contributed by atoms with van der Waals surface area (Å²) in [6.45, 7) is 1.36. The predicted octanol–water partition coefficient (Wildman–Crippen LogP) is 4.26. The van der Waals surface area contributed by atoms with Crippen molar-refractivity contribution in [1.29, 1.82) is 0 Å². The summed E-state index contributed by atoms with van der Waals surface area (Å²) in [7, 11) is 0. The molecule has 1 heterocycles. The fourth-order valence-electron chi connectivity index (χ4n) is 2.46. The highest BCUT2D eigenvalue weighted by atomic mass is 79.9. The van der Waals surface area contributed by atoms with E-state index in [0.717, 1.165) is 29.7 Å². The molecule has 1 atom stereocenters. The van der Waals surface area contributed by atoms with Crippen LogP contribution in [-0.2, 0) is 4.74 Å². The third-order valence-electron chi connectivity index (χ3n) is 3.64. The van der Waals surface area contributed by atoms with Crippen molar-refractivity contribution in [2.24, 2.45) is 0 Å². The van der Waals surface area contributed by atoms with E-state index in [9.17, 15) is 4.79 Å². The molecular weight excluding hydrogens is 358 g/mol. The third-order valence-corrected chi connectivity index (χ3v) is 4.13. The van der Waals surface area contributed by atoms with Gasteiger partial charge in [-0.15, -0.1) is 0 Å². The topological polar surface area (TPSA) is 47.6 Å². The summed E-state index contributed by atoms with van der Waals surface area (Å²) in [5.74, 6) is 0.579. The summed E-state index contributed by atoms with van der Waals surface area (Å²) < 4.78 is 12.2. The van der Waals surface area contributed by atoms with Crippen LogP contribution in [0.4, 0.5) is 5.69 Å². The van der Waals surface area contributed by atoms with Gasteiger partial charge < -0.3 is 14.8 Å². The number of anilines is 1. The largest absolute Gasteiger partial charge is 0.491 e. The Kier molecular flexibility index (Phi) is 5.31. The van der Waals surface area contributed by atoms with Crippen LogP contribution in [0.25, 0.3) is 0 Å². The van der Waals surface area contributed by atoms with E-state index in [-0.39, 0.29) is 12.0 Å². The Hall–Kier alpha value is -1.85. The number of nitrogens with one attached hydrogen (secondary N) is 1. The summed E-state index contributed by atoms with van der Waals surface area (Å²) >= 11 is 3.37. The van der Waals surface area contributed by atoms with Gasteiger partial charge in [0.2, 0.25) is 0 Å². The summed E-state index contributed by atoms with van der Waals surface area (Å²) in [5.41, 5.74) is 1.31. The lowest BCUT2D eigenvalue weighted by Gasteiger charge is -2.12. The number of hydrogen-bond donors (Lipinski definition) is 1. The van der Waals surface area contributed by atoms with Crippen LogP contribution in [0.1, 0.15) is 23.2 Å². The van der Waals surface area contributed by atoms with Crippen LogP contribution in [0.5, 0.6) is 5.75 Å². The second-order valence-corrected chi connectivity index (χ2v) is 6.35. The fourth-order valence-corrected chi connectivity index (χ4v) is 2.86. The molecule has 1 N–H and O–H groups in total. The molecule has 0 aromatic heterocycles. The van der Waals surface area contributed by atoms with Gasteiger partial charge in [-0.25, -0.2) is 0 Å². The van der Waals surface area contributed by atoms with Gasteiger partial charge >= 0.3 is 0 Å². The standard InChI is InChI=1S/C18H18BrNO3/c19-14-5-1-4-13(10-14)18(21)20-15-6-2-7-16(11-15)23-12-17-8-3-9-22-17/h1-2,4-7,10-11,17H,3,8-9,12H2,(H,20,21). The van der Waals surface area contributed by atoms with Crippen molar-refractivity contribution < 1.29 is 14.3 Å². The van der Waals surface area contributed by atoms with E-state index in [2.05, 4.69) is 21.2 Å². The Bertz CT molecular complexity index is 683. The third kappa shape index (κ3) is 4.56. The minimum Gasteiger partial charge on any atom is -0.491 e. The lowest BCUT2D eigenvalue weighted by molar-refractivity contribution is 0.0680. The number of halogens is 1. The van der Waals surface area contributed by atoms with Crippen LogP contribution in [0.15, 0.2) is 53.0 Å². The van der Waals surface area contributed by atoms with Gasteiger partial charge in [0, 0.05) is 28.4 Å². The van der Waals surface area contributed by atoms with Crippen molar-refractivity contribution in [2.45, 2.75) is 18.9 Å². The number of amides is 1. The molecule has 4 nitrogen and oxygen atoms in total. The van der Waals surface area contributed by atoms with Crippen molar-refractivity contribution in [1.82, 2.24) is 0 Å². The number of rotatable bonds is 5. The zero-order valence-corrected chi connectivity index (χ0v) is 14.2. The summed E-state index contributed by atoms with van der Waals surface area (Å²) in [4.78, 5) is 12.3. The van der Waals surface area contributed by atoms with Crippen LogP contribution in [0, 0.1) is 0 Å². The van der Waals surface area contributed by atoms with Crippen molar-refractivity contribution in [2.75, 3.05) is 18.5 Å². The van der Waals surface area contributed by atoms with Gasteiger partial charge in [-0.2, -0.15) is 0 Å². The molecule has 0 saturated carbocycles. The number of ether oxygens (including phenoxy) is 2. The second kappa shape index (κ2) is 7.62. The minimum atomic E-state index is -0.150. The lowest BCUT2D eigenvalue weighted by atomic mass is 10.2. The highest BCUT2D eigenvalue weighted by Gasteiger charge is 2.16. The first kappa shape index (κ1) is 16.0. The van der Waals surface area contributed by atoms with Gasteiger partial charge in [0.25, 0.3) is 5.91 Å². The molecule has 23 heavy (non-hydrogen) atoms. The van der Waals surface area contributed by atoms with E-state index >= 15 is 0 Å². The molecule has 0 spiro atoms. The van der Waals surface area contributed by atoms with Crippen molar-refractivity contribution in [3.63, 3.8) is 0 Å². The summed E-state index contributed by atoms with van der Waals surface area (Å²) in [6.07, 6.45) is 2.31. The predicted molar refractivity (Wildman–Crippen MR) is 93.0 cm³/mol. The van der Waals surface area contributed by atoms with E-state index in [1.54, 1.807) is 12.1 Å². The average molecular weight is 376 g/mol. The van der Waals surface area contributed by atoms with Gasteiger partial charge in [-0.3, -0.25) is 4.79 Å². The Morgan fingerprint density at radius 3 is 2.91 bits per heavy atom. The zero-order chi connectivity index (χ0) is 16.1. The van der Waals surface area contributed by atoms with Gasteiger partial charge in [0.15, 0.2) is 0 Å². The Balaban J connectivity index is 1.61. The monoisotopic (exact) mass is 375 g/mol. The Morgan fingerprint density at radius 1 is 1.26 bits per heavy atom. The molecule has 0 bridgehead atoms. The fraction of sp³-hybridized carbons (Fsp3) is 0.278. The first-order valence-electron chi connectivity index (χ1n) is 7.62. The van der Waals surface area contributed by atoms with Crippen molar-refractivity contribution in [3.05, 3.63) is 58.6 Å². The molecule has 120 valence electrons. The second-order valence-electron chi connectivity index (χ2n) is 5.44. The molecule has 5 heteroatoms. The van der Waals surface area contributed by atoms with Crippen LogP contribution in [0.2, 0.25) is 0 Å². The smallest absolute Gasteiger partial charge is 0.255 e. The van der Waals surface area contributed by atoms with E-state index in [4.69, 9.17) is 9.47 Å². The quantitative estimate of drug-likeness (QED) is 0.848. The highest BCUT2D eigenvalue weighted by molar-refractivity contribution is 9.10. The maximum atomic E-state index is 12.3. The first-order valence-corrected chi connectivity index (χ1v) is 8.41. The van der Waals surface area contributed by atoms with E-state index in [1.807, 2.05) is 36.4 Å². The Labute approximate surface area is 143 Å². The van der Waals surface area contributed by atoms with E-state index < -0.39 is 0 Å². The van der Waals surface area contributed by atoms with Crippen LogP contribution in [0.3, 0.4) is 0 Å². The first-order chi connectivity index (χ1) is 11.2. The van der Waals surface area contributed by atoms with Gasteiger partial charge in [0.05, 0.1) is 6.10 Å². The summed E-state index contributed by atoms with van der Waals surface area (Å²) in [6, 6.07) is 14.7. The maximum absolute atomic E-state index is 12.3. The maximum Gasteiger partial charge on any atom is 0.255 e. The molecule has 3 rings (SSSR count). The minimum absolute atomic E-state index is 0.150. The number of carbonyl (C=O) groups is 1. The van der Waals surface area contributed by atoms with Gasteiger partial charge in [-0.05, 0) is 43.2 Å². The lowest BCUT2D eigenvalue weighted by Crippen LogP contribution is -2.16.